The Morgan fingerprint density at radius 2 is 1.48 bits per heavy atom. The number of ether oxygens (including phenoxy) is 1. The molecule has 0 aromatic carbocycles. The van der Waals surface area contributed by atoms with Gasteiger partial charge < -0.3 is 13.6 Å². The highest BCUT2D eigenvalue weighted by molar-refractivity contribution is 6.77. The van der Waals surface area contributed by atoms with Gasteiger partial charge in [0.1, 0.15) is 18.3 Å². The SMILES string of the molecule is C=C(C)C#CC1=C[C@@H](O[Si](C(C)C)(C(C)C)C(C)C)[C@@H]2O[C@@H]2[C@@H]1O[Si](CC)(CC)CC. The van der Waals surface area contributed by atoms with Crippen LogP contribution < -0.4 is 0 Å². The van der Waals surface area contributed by atoms with Crippen LogP contribution in [-0.2, 0) is 13.6 Å². The fourth-order valence-corrected chi connectivity index (χ4v) is 13.9. The number of rotatable bonds is 10. The first-order chi connectivity index (χ1) is 14.5. The molecule has 1 saturated heterocycles. The quantitative estimate of drug-likeness (QED) is 0.195. The van der Waals surface area contributed by atoms with Gasteiger partial charge in [-0.05, 0) is 53.3 Å². The van der Waals surface area contributed by atoms with Gasteiger partial charge in [0.15, 0.2) is 8.32 Å². The van der Waals surface area contributed by atoms with Crippen LogP contribution in [0.2, 0.25) is 34.8 Å². The Balaban J connectivity index is 2.44. The maximum absolute atomic E-state index is 7.11. The summed E-state index contributed by atoms with van der Waals surface area (Å²) in [6.45, 7) is 26.8. The van der Waals surface area contributed by atoms with Crippen molar-refractivity contribution in [2.24, 2.45) is 0 Å². The van der Waals surface area contributed by atoms with Crippen molar-refractivity contribution in [3.63, 3.8) is 0 Å². The average Bonchev–Trinajstić information content (AvgIpc) is 3.50. The van der Waals surface area contributed by atoms with Crippen LogP contribution >= 0.6 is 0 Å². The molecule has 0 N–H and O–H groups in total. The normalized spacial score (nSPS) is 25.9. The van der Waals surface area contributed by atoms with Crippen molar-refractivity contribution in [3.8, 4) is 11.8 Å². The Morgan fingerprint density at radius 1 is 0.968 bits per heavy atom. The molecule has 0 radical (unpaired) electrons. The summed E-state index contributed by atoms with van der Waals surface area (Å²) in [4.78, 5) is 0. The van der Waals surface area contributed by atoms with Gasteiger partial charge in [-0.1, -0.05) is 80.7 Å². The zero-order valence-electron chi connectivity index (χ0n) is 21.7. The predicted molar refractivity (Wildman–Crippen MR) is 137 cm³/mol. The second kappa shape index (κ2) is 10.5. The molecular weight excluding hydrogens is 416 g/mol. The molecule has 2 aliphatic rings. The zero-order valence-corrected chi connectivity index (χ0v) is 23.7. The number of hydrogen-bond donors (Lipinski definition) is 0. The minimum Gasteiger partial charge on any atom is -0.407 e. The van der Waals surface area contributed by atoms with Crippen molar-refractivity contribution in [2.75, 3.05) is 0 Å². The summed E-state index contributed by atoms with van der Waals surface area (Å²) in [7, 11) is -3.80. The van der Waals surface area contributed by atoms with Gasteiger partial charge in [0.25, 0.3) is 0 Å². The number of hydrogen-bond acceptors (Lipinski definition) is 3. The lowest BCUT2D eigenvalue weighted by molar-refractivity contribution is 0.172. The largest absolute Gasteiger partial charge is 0.407 e. The van der Waals surface area contributed by atoms with Gasteiger partial charge >= 0.3 is 0 Å². The Labute approximate surface area is 194 Å². The highest BCUT2D eigenvalue weighted by atomic mass is 28.4. The number of fused-ring (bicyclic) bond motifs is 1. The molecule has 3 nitrogen and oxygen atoms in total. The maximum Gasteiger partial charge on any atom is 0.201 e. The summed E-state index contributed by atoms with van der Waals surface area (Å²) in [5.41, 5.74) is 3.53. The fourth-order valence-electron chi connectivity index (χ4n) is 5.62. The summed E-state index contributed by atoms with van der Waals surface area (Å²) in [6, 6.07) is 3.37. The predicted octanol–water partition coefficient (Wildman–Crippen LogP) is 7.22. The van der Waals surface area contributed by atoms with E-state index in [-0.39, 0.29) is 24.4 Å². The van der Waals surface area contributed by atoms with Gasteiger partial charge in [-0.25, -0.2) is 0 Å². The van der Waals surface area contributed by atoms with Gasteiger partial charge in [-0.15, -0.1) is 0 Å². The van der Waals surface area contributed by atoms with Crippen molar-refractivity contribution in [2.45, 2.75) is 128 Å². The van der Waals surface area contributed by atoms with Crippen LogP contribution in [0.1, 0.15) is 69.2 Å². The first-order valence-electron chi connectivity index (χ1n) is 12.4. The van der Waals surface area contributed by atoms with Gasteiger partial charge in [0.2, 0.25) is 8.32 Å². The van der Waals surface area contributed by atoms with Crippen LogP contribution in [0.3, 0.4) is 0 Å². The molecule has 1 aliphatic heterocycles. The van der Waals surface area contributed by atoms with E-state index < -0.39 is 16.6 Å². The first-order valence-corrected chi connectivity index (χ1v) is 17.0. The van der Waals surface area contributed by atoms with Crippen molar-refractivity contribution >= 4 is 16.6 Å². The Hall–Kier alpha value is -0.646. The molecule has 0 bridgehead atoms. The van der Waals surface area contributed by atoms with Crippen LogP contribution in [0.25, 0.3) is 0 Å². The minimum atomic E-state index is -2.02. The summed E-state index contributed by atoms with van der Waals surface area (Å²) < 4.78 is 20.3. The van der Waals surface area contributed by atoms with E-state index in [1.807, 2.05) is 6.92 Å². The minimum absolute atomic E-state index is 0.0286. The molecule has 176 valence electrons. The van der Waals surface area contributed by atoms with E-state index >= 15 is 0 Å². The molecule has 4 atom stereocenters. The second-order valence-electron chi connectivity index (χ2n) is 10.4. The lowest BCUT2D eigenvalue weighted by Crippen LogP contribution is -2.52. The summed E-state index contributed by atoms with van der Waals surface area (Å²) in [6.07, 6.45) is 2.32. The standard InChI is InChI=1S/C26H46O3Si2/c1-12-30(13-2,14-3)29-24-22(16-15-18(4)5)17-23(25-26(24)27-25)28-31(19(6)7,20(8)9)21(10)11/h17,19-21,23-26H,4,12-14H2,1-3,5-11H3/t23-,24-,25+,26-/m1/s1. The lowest BCUT2D eigenvalue weighted by atomic mass is 9.95. The summed E-state index contributed by atoms with van der Waals surface area (Å²) in [5, 5.41) is 0. The molecule has 1 fully saturated rings. The van der Waals surface area contributed by atoms with Crippen LogP contribution in [0, 0.1) is 11.8 Å². The van der Waals surface area contributed by atoms with Crippen LogP contribution in [0.4, 0.5) is 0 Å². The average molecular weight is 463 g/mol. The molecule has 2 rings (SSSR count). The molecule has 0 amide bonds. The zero-order chi connectivity index (χ0) is 23.6. The molecule has 1 aliphatic carbocycles. The molecule has 0 aromatic rings. The Bertz CT molecular complexity index is 695. The number of epoxide rings is 1. The molecule has 31 heavy (non-hydrogen) atoms. The van der Waals surface area contributed by atoms with Crippen molar-refractivity contribution in [3.05, 3.63) is 23.8 Å². The third kappa shape index (κ3) is 5.47. The molecule has 0 aromatic heterocycles. The van der Waals surface area contributed by atoms with E-state index in [1.165, 1.54) is 0 Å². The highest BCUT2D eigenvalue weighted by Crippen LogP contribution is 2.48. The lowest BCUT2D eigenvalue weighted by Gasteiger charge is -2.44. The van der Waals surface area contributed by atoms with E-state index in [1.54, 1.807) is 0 Å². The van der Waals surface area contributed by atoms with Crippen LogP contribution in [-0.4, -0.2) is 41.1 Å². The second-order valence-corrected chi connectivity index (χ2v) is 20.5. The van der Waals surface area contributed by atoms with E-state index in [0.29, 0.717) is 16.6 Å². The first kappa shape index (κ1) is 26.6. The summed E-state index contributed by atoms with van der Waals surface area (Å²) >= 11 is 0. The van der Waals surface area contributed by atoms with Crippen molar-refractivity contribution in [1.29, 1.82) is 0 Å². The van der Waals surface area contributed by atoms with Gasteiger partial charge in [0, 0.05) is 5.57 Å². The van der Waals surface area contributed by atoms with Gasteiger partial charge in [-0.2, -0.15) is 0 Å². The smallest absolute Gasteiger partial charge is 0.201 e. The Kier molecular flexibility index (Phi) is 9.03. The van der Waals surface area contributed by atoms with Crippen LogP contribution in [0.15, 0.2) is 23.8 Å². The third-order valence-electron chi connectivity index (χ3n) is 7.61. The summed E-state index contributed by atoms with van der Waals surface area (Å²) in [5.74, 6) is 6.59. The van der Waals surface area contributed by atoms with Crippen LogP contribution in [0.5, 0.6) is 0 Å². The molecule has 5 heteroatoms. The number of allylic oxidation sites excluding steroid dienone is 1. The Morgan fingerprint density at radius 3 is 1.90 bits per heavy atom. The highest BCUT2D eigenvalue weighted by Gasteiger charge is 2.58. The van der Waals surface area contributed by atoms with Crippen molar-refractivity contribution in [1.82, 2.24) is 0 Å². The van der Waals surface area contributed by atoms with Crippen molar-refractivity contribution < 1.29 is 13.6 Å². The fraction of sp³-hybridized carbons (Fsp3) is 0.769. The molecular formula is C26H46O3Si2. The van der Waals surface area contributed by atoms with Gasteiger partial charge in [-0.3, -0.25) is 0 Å². The maximum atomic E-state index is 7.11. The van der Waals surface area contributed by atoms with Gasteiger partial charge in [0.05, 0.1) is 6.10 Å². The van der Waals surface area contributed by atoms with E-state index in [4.69, 9.17) is 13.6 Å². The topological polar surface area (TPSA) is 31.0 Å². The van der Waals surface area contributed by atoms with E-state index in [2.05, 4.69) is 86.8 Å². The monoisotopic (exact) mass is 462 g/mol. The third-order valence-corrected chi connectivity index (χ3v) is 18.3. The van der Waals surface area contributed by atoms with E-state index in [0.717, 1.165) is 29.3 Å². The molecule has 1 heterocycles. The molecule has 0 spiro atoms. The van der Waals surface area contributed by atoms with E-state index in [9.17, 15) is 0 Å². The molecule has 0 saturated carbocycles. The molecule has 0 unspecified atom stereocenters.